The summed E-state index contributed by atoms with van der Waals surface area (Å²) in [6.07, 6.45) is 2.93. The molecule has 0 unspecified atom stereocenters. The lowest BCUT2D eigenvalue weighted by Crippen LogP contribution is -2.51. The molecule has 1 amide bonds. The number of hydrogen-bond donors (Lipinski definition) is 1. The molecular formula is C20H31N3O3S. The Labute approximate surface area is 165 Å². The zero-order valence-electron chi connectivity index (χ0n) is 16.5. The molecule has 0 bridgehead atoms. The lowest BCUT2D eigenvalue weighted by molar-refractivity contribution is -0.0963. The van der Waals surface area contributed by atoms with Gasteiger partial charge in [0, 0.05) is 57.3 Å². The van der Waals surface area contributed by atoms with Crippen molar-refractivity contribution in [3.63, 3.8) is 0 Å². The topological polar surface area (TPSA) is 54.0 Å². The van der Waals surface area contributed by atoms with Gasteiger partial charge in [0.2, 0.25) is 0 Å². The van der Waals surface area contributed by atoms with Crippen molar-refractivity contribution in [2.45, 2.75) is 37.8 Å². The first kappa shape index (κ1) is 19.3. The summed E-state index contributed by atoms with van der Waals surface area (Å²) >= 11 is 1.68. The van der Waals surface area contributed by atoms with Crippen LogP contribution in [0.1, 0.15) is 39.9 Å². The van der Waals surface area contributed by atoms with Crippen molar-refractivity contribution in [3.8, 4) is 0 Å². The highest BCUT2D eigenvalue weighted by Crippen LogP contribution is 2.45. The summed E-state index contributed by atoms with van der Waals surface area (Å²) in [5.41, 5.74) is 1.15. The maximum absolute atomic E-state index is 13.1. The van der Waals surface area contributed by atoms with Crippen LogP contribution in [0.15, 0.2) is 6.07 Å². The van der Waals surface area contributed by atoms with Crippen molar-refractivity contribution in [1.29, 1.82) is 0 Å². The molecule has 0 saturated carbocycles. The number of nitrogens with one attached hydrogen (secondary N) is 1. The number of piperidine rings is 1. The summed E-state index contributed by atoms with van der Waals surface area (Å²) in [5.74, 6) is 0.190. The van der Waals surface area contributed by atoms with Gasteiger partial charge in [0.1, 0.15) is 5.60 Å². The highest BCUT2D eigenvalue weighted by atomic mass is 32.1. The van der Waals surface area contributed by atoms with Crippen molar-refractivity contribution in [1.82, 2.24) is 15.1 Å². The molecule has 3 aliphatic heterocycles. The zero-order valence-corrected chi connectivity index (χ0v) is 17.3. The van der Waals surface area contributed by atoms with Crippen LogP contribution in [-0.4, -0.2) is 81.3 Å². The molecule has 27 heavy (non-hydrogen) atoms. The van der Waals surface area contributed by atoms with Crippen molar-refractivity contribution >= 4 is 17.2 Å². The van der Waals surface area contributed by atoms with Crippen LogP contribution in [-0.2, 0) is 21.5 Å². The van der Waals surface area contributed by atoms with Crippen molar-refractivity contribution < 1.29 is 14.3 Å². The smallest absolute Gasteiger partial charge is 0.264 e. The van der Waals surface area contributed by atoms with Crippen LogP contribution >= 0.6 is 11.3 Å². The lowest BCUT2D eigenvalue weighted by atomic mass is 9.85. The number of rotatable bonds is 4. The predicted molar refractivity (Wildman–Crippen MR) is 107 cm³/mol. The van der Waals surface area contributed by atoms with E-state index in [4.69, 9.17) is 9.47 Å². The average molecular weight is 394 g/mol. The molecule has 0 aliphatic carbocycles. The molecule has 4 rings (SSSR count). The lowest BCUT2D eigenvalue weighted by Gasteiger charge is -2.43. The van der Waals surface area contributed by atoms with Gasteiger partial charge >= 0.3 is 0 Å². The Balaban J connectivity index is 1.50. The van der Waals surface area contributed by atoms with E-state index in [2.05, 4.69) is 23.2 Å². The second-order valence-corrected chi connectivity index (χ2v) is 9.05. The Morgan fingerprint density at radius 1 is 1.41 bits per heavy atom. The molecule has 0 aromatic carbocycles. The van der Waals surface area contributed by atoms with E-state index in [0.717, 1.165) is 76.6 Å². The van der Waals surface area contributed by atoms with Crippen LogP contribution < -0.4 is 5.32 Å². The Hall–Kier alpha value is -0.990. The number of hydrogen-bond acceptors (Lipinski definition) is 6. The number of thiophene rings is 1. The Bertz CT molecular complexity index is 669. The molecule has 1 aromatic rings. The minimum atomic E-state index is -0.183. The summed E-state index contributed by atoms with van der Waals surface area (Å²) in [4.78, 5) is 19.7. The third-order valence-corrected chi connectivity index (χ3v) is 7.47. The van der Waals surface area contributed by atoms with Gasteiger partial charge in [0.15, 0.2) is 0 Å². The minimum Gasteiger partial charge on any atom is -0.383 e. The van der Waals surface area contributed by atoms with E-state index in [1.165, 1.54) is 10.4 Å². The van der Waals surface area contributed by atoms with Gasteiger partial charge in [-0.25, -0.2) is 0 Å². The number of ether oxygens (including phenoxy) is 2. The van der Waals surface area contributed by atoms with Gasteiger partial charge in [-0.2, -0.15) is 0 Å². The molecule has 2 saturated heterocycles. The van der Waals surface area contributed by atoms with E-state index in [1.54, 1.807) is 18.4 Å². The number of likely N-dealkylation sites (tertiary alicyclic amines) is 1. The fourth-order valence-corrected chi connectivity index (χ4v) is 5.91. The van der Waals surface area contributed by atoms with Crippen LogP contribution in [0.5, 0.6) is 0 Å². The summed E-state index contributed by atoms with van der Waals surface area (Å²) in [7, 11) is 1.76. The number of nitrogens with zero attached hydrogens (tertiary/aromatic N) is 2. The first-order valence-electron chi connectivity index (χ1n) is 10.1. The fraction of sp³-hybridized carbons (Fsp3) is 0.750. The van der Waals surface area contributed by atoms with E-state index < -0.39 is 0 Å². The second-order valence-electron chi connectivity index (χ2n) is 8.00. The molecule has 4 heterocycles. The minimum absolute atomic E-state index is 0.183. The third kappa shape index (κ3) is 3.93. The molecule has 0 radical (unpaired) electrons. The van der Waals surface area contributed by atoms with E-state index in [9.17, 15) is 4.79 Å². The quantitative estimate of drug-likeness (QED) is 0.844. The fourth-order valence-electron chi connectivity index (χ4n) is 4.53. The summed E-state index contributed by atoms with van der Waals surface area (Å²) < 4.78 is 11.6. The van der Waals surface area contributed by atoms with Crippen LogP contribution in [0, 0.1) is 0 Å². The third-order valence-electron chi connectivity index (χ3n) is 6.11. The molecule has 1 atom stereocenters. The molecule has 6 nitrogen and oxygen atoms in total. The normalized spacial score (nSPS) is 25.6. The number of piperazine rings is 1. The average Bonchev–Trinajstić information content (AvgIpc) is 3.13. The Kier molecular flexibility index (Phi) is 5.85. The first-order chi connectivity index (χ1) is 13.1. The van der Waals surface area contributed by atoms with Gasteiger partial charge in [-0.05, 0) is 37.8 Å². The molecule has 1 spiro atoms. The number of methoxy groups -OCH3 is 1. The zero-order chi connectivity index (χ0) is 18.9. The Morgan fingerprint density at radius 2 is 2.22 bits per heavy atom. The van der Waals surface area contributed by atoms with Crippen LogP contribution in [0.2, 0.25) is 0 Å². The van der Waals surface area contributed by atoms with Crippen molar-refractivity contribution in [2.24, 2.45) is 0 Å². The maximum atomic E-state index is 13.1. The number of carbonyl (C=O) groups is 1. The number of amides is 1. The standard InChI is InChI=1S/C20H31N3O3S/c1-15-14-23(9-6-21-15)19(24)17-13-16-3-11-26-20(18(16)27-17)4-7-22(8-5-20)10-12-25-2/h13,15,21H,3-12,14H2,1-2H3/t15-/m1/s1. The molecule has 1 aromatic heterocycles. The SMILES string of the molecule is COCCN1CCC2(CC1)OCCc1cc(C(=O)N3CCN[C@H](C)C3)sc12. The summed E-state index contributed by atoms with van der Waals surface area (Å²) in [6.45, 7) is 9.17. The van der Waals surface area contributed by atoms with E-state index in [-0.39, 0.29) is 11.5 Å². The summed E-state index contributed by atoms with van der Waals surface area (Å²) in [6, 6.07) is 2.51. The molecule has 7 heteroatoms. The molecule has 1 N–H and O–H groups in total. The monoisotopic (exact) mass is 393 g/mol. The van der Waals surface area contributed by atoms with Gasteiger partial charge in [0.05, 0.1) is 18.1 Å². The molecule has 3 aliphatic rings. The molecule has 2 fully saturated rings. The summed E-state index contributed by atoms with van der Waals surface area (Å²) in [5, 5.41) is 3.41. The largest absolute Gasteiger partial charge is 0.383 e. The van der Waals surface area contributed by atoms with E-state index in [1.807, 2.05) is 4.90 Å². The number of carbonyl (C=O) groups excluding carboxylic acids is 1. The first-order valence-corrected chi connectivity index (χ1v) is 10.9. The van der Waals surface area contributed by atoms with E-state index in [0.29, 0.717) is 6.04 Å². The molecular weight excluding hydrogens is 362 g/mol. The van der Waals surface area contributed by atoms with Crippen molar-refractivity contribution in [3.05, 3.63) is 21.4 Å². The second kappa shape index (κ2) is 8.17. The maximum Gasteiger partial charge on any atom is 0.264 e. The molecule has 150 valence electrons. The highest BCUT2D eigenvalue weighted by molar-refractivity contribution is 7.14. The highest BCUT2D eigenvalue weighted by Gasteiger charge is 2.43. The van der Waals surface area contributed by atoms with Gasteiger partial charge in [-0.3, -0.25) is 4.79 Å². The van der Waals surface area contributed by atoms with Crippen LogP contribution in [0.4, 0.5) is 0 Å². The van der Waals surface area contributed by atoms with Crippen molar-refractivity contribution in [2.75, 3.05) is 59.6 Å². The van der Waals surface area contributed by atoms with Gasteiger partial charge < -0.3 is 24.6 Å². The number of fused-ring (bicyclic) bond motifs is 2. The predicted octanol–water partition coefficient (Wildman–Crippen LogP) is 1.69. The van der Waals surface area contributed by atoms with Crippen LogP contribution in [0.3, 0.4) is 0 Å². The Morgan fingerprint density at radius 3 is 2.96 bits per heavy atom. The van der Waals surface area contributed by atoms with Crippen LogP contribution in [0.25, 0.3) is 0 Å². The van der Waals surface area contributed by atoms with Gasteiger partial charge in [0.25, 0.3) is 5.91 Å². The van der Waals surface area contributed by atoms with Gasteiger partial charge in [-0.15, -0.1) is 11.3 Å². The van der Waals surface area contributed by atoms with Gasteiger partial charge in [-0.1, -0.05) is 0 Å². The van der Waals surface area contributed by atoms with E-state index >= 15 is 0 Å².